The maximum atomic E-state index is 13.0. The second-order valence-corrected chi connectivity index (χ2v) is 5.68. The van der Waals surface area contributed by atoms with Gasteiger partial charge in [0, 0.05) is 6.92 Å². The number of ketones is 1. The molecule has 0 aliphatic heterocycles. The minimum Gasteiger partial charge on any atom is -0.395 e. The first-order valence-corrected chi connectivity index (χ1v) is 7.04. The van der Waals surface area contributed by atoms with Gasteiger partial charge >= 0.3 is 12.4 Å². The molecule has 12 heteroatoms. The second-order valence-electron chi connectivity index (χ2n) is 4.86. The first-order valence-electron chi connectivity index (χ1n) is 6.28. The van der Waals surface area contributed by atoms with E-state index in [4.69, 9.17) is 28.9 Å². The molecule has 1 aromatic carbocycles. The number of hydrogen-bond donors (Lipinski definition) is 1. The Hall–Kier alpha value is -1.94. The summed E-state index contributed by atoms with van der Waals surface area (Å²) in [6.45, 7) is 0.913. The molecule has 0 saturated carbocycles. The van der Waals surface area contributed by atoms with Gasteiger partial charge in [0.25, 0.3) is 0 Å². The lowest BCUT2D eigenvalue weighted by Crippen LogP contribution is -2.11. The van der Waals surface area contributed by atoms with Crippen LogP contribution in [0.2, 0.25) is 10.0 Å². The van der Waals surface area contributed by atoms with E-state index in [1.54, 1.807) is 0 Å². The number of anilines is 1. The summed E-state index contributed by atoms with van der Waals surface area (Å²) in [6.07, 6.45) is -9.78. The number of nitrogens with zero attached hydrogens (tertiary/aromatic N) is 2. The predicted octanol–water partition coefficient (Wildman–Crippen LogP) is 5.00. The Balaban J connectivity index is 2.81. The molecule has 2 rings (SSSR count). The molecule has 2 aromatic rings. The maximum Gasteiger partial charge on any atom is 0.437 e. The molecular formula is C13H7Cl2F6N3O. The van der Waals surface area contributed by atoms with E-state index >= 15 is 0 Å². The number of nitrogen functional groups attached to an aromatic ring is 1. The van der Waals surface area contributed by atoms with Crippen LogP contribution >= 0.6 is 23.2 Å². The minimum absolute atomic E-state index is 0.394. The summed E-state index contributed by atoms with van der Waals surface area (Å²) in [6, 6.07) is 0.912. The Labute approximate surface area is 146 Å². The Morgan fingerprint density at radius 3 is 1.92 bits per heavy atom. The quantitative estimate of drug-likeness (QED) is 0.564. The molecule has 0 aliphatic rings. The zero-order valence-electron chi connectivity index (χ0n) is 12.1. The van der Waals surface area contributed by atoms with Crippen molar-refractivity contribution in [1.29, 1.82) is 0 Å². The summed E-state index contributed by atoms with van der Waals surface area (Å²) in [5.74, 6) is -0.910. The summed E-state index contributed by atoms with van der Waals surface area (Å²) in [7, 11) is 0. The van der Waals surface area contributed by atoms with Crippen molar-refractivity contribution >= 4 is 34.7 Å². The topological polar surface area (TPSA) is 60.9 Å². The Bertz CT molecular complexity index is 834. The van der Waals surface area contributed by atoms with Gasteiger partial charge in [0.2, 0.25) is 0 Å². The van der Waals surface area contributed by atoms with Crippen LogP contribution in [0.25, 0.3) is 5.69 Å². The molecule has 1 heterocycles. The summed E-state index contributed by atoms with van der Waals surface area (Å²) in [5, 5.41) is 1.87. The normalized spacial score (nSPS) is 12.5. The van der Waals surface area contributed by atoms with Gasteiger partial charge in [0.05, 0.1) is 21.3 Å². The van der Waals surface area contributed by atoms with Crippen LogP contribution in [0.4, 0.5) is 32.0 Å². The van der Waals surface area contributed by atoms with Crippen LogP contribution in [0.3, 0.4) is 0 Å². The highest BCUT2D eigenvalue weighted by molar-refractivity contribution is 6.38. The van der Waals surface area contributed by atoms with Crippen LogP contribution in [-0.4, -0.2) is 15.6 Å². The lowest BCUT2D eigenvalue weighted by molar-refractivity contribution is -0.140. The van der Waals surface area contributed by atoms with Crippen LogP contribution < -0.4 is 5.73 Å². The van der Waals surface area contributed by atoms with Crippen LogP contribution in [0.5, 0.6) is 0 Å². The van der Waals surface area contributed by atoms with Gasteiger partial charge < -0.3 is 5.73 Å². The number of carbonyl (C=O) groups is 1. The van der Waals surface area contributed by atoms with Crippen molar-refractivity contribution < 1.29 is 31.1 Å². The van der Waals surface area contributed by atoms with E-state index in [1.807, 2.05) is 0 Å². The van der Waals surface area contributed by atoms with E-state index in [0.29, 0.717) is 16.8 Å². The molecule has 1 aromatic heterocycles. The van der Waals surface area contributed by atoms with Crippen molar-refractivity contribution in [2.24, 2.45) is 0 Å². The minimum atomic E-state index is -5.00. The molecule has 2 N–H and O–H groups in total. The number of halogens is 8. The van der Waals surface area contributed by atoms with Gasteiger partial charge in [-0.3, -0.25) is 4.79 Å². The fraction of sp³-hybridized carbons (Fsp3) is 0.231. The van der Waals surface area contributed by atoms with Crippen molar-refractivity contribution in [3.05, 3.63) is 39.1 Å². The van der Waals surface area contributed by atoms with Crippen molar-refractivity contribution in [2.75, 3.05) is 5.73 Å². The number of hydrogen-bond acceptors (Lipinski definition) is 3. The molecule has 136 valence electrons. The van der Waals surface area contributed by atoms with E-state index in [-0.39, 0.29) is 0 Å². The lowest BCUT2D eigenvalue weighted by atomic mass is 10.2. The van der Waals surface area contributed by atoms with Gasteiger partial charge in [0.1, 0.15) is 11.4 Å². The van der Waals surface area contributed by atoms with Crippen LogP contribution in [0.1, 0.15) is 28.7 Å². The molecule has 4 nitrogen and oxygen atoms in total. The summed E-state index contributed by atoms with van der Waals surface area (Å²) in [4.78, 5) is 11.7. The molecule has 0 radical (unpaired) electrons. The Kier molecular flexibility index (Phi) is 4.73. The van der Waals surface area contributed by atoms with E-state index < -0.39 is 56.5 Å². The second kappa shape index (κ2) is 6.10. The molecule has 0 fully saturated rings. The number of benzene rings is 1. The highest BCUT2D eigenvalue weighted by Crippen LogP contribution is 2.40. The fourth-order valence-corrected chi connectivity index (χ4v) is 2.72. The molecule has 0 saturated heterocycles. The Morgan fingerprint density at radius 2 is 1.56 bits per heavy atom. The monoisotopic (exact) mass is 405 g/mol. The van der Waals surface area contributed by atoms with E-state index in [2.05, 4.69) is 5.10 Å². The SMILES string of the molecule is CC(=O)c1c(N)c(C(F)(F)F)nn1-c1c(Cl)cc(C(F)(F)F)cc1Cl. The Morgan fingerprint density at radius 1 is 1.08 bits per heavy atom. The van der Waals surface area contributed by atoms with E-state index in [1.165, 1.54) is 0 Å². The third kappa shape index (κ3) is 3.54. The molecule has 0 aliphatic carbocycles. The zero-order chi connectivity index (χ0) is 19.3. The third-order valence-corrected chi connectivity index (χ3v) is 3.66. The average molecular weight is 406 g/mol. The fourth-order valence-electron chi connectivity index (χ4n) is 2.07. The summed E-state index contributed by atoms with van der Waals surface area (Å²) < 4.78 is 77.5. The lowest BCUT2D eigenvalue weighted by Gasteiger charge is -2.13. The molecular weight excluding hydrogens is 399 g/mol. The molecule has 0 amide bonds. The molecule has 0 bridgehead atoms. The predicted molar refractivity (Wildman–Crippen MR) is 78.0 cm³/mol. The highest BCUT2D eigenvalue weighted by Gasteiger charge is 2.40. The summed E-state index contributed by atoms with van der Waals surface area (Å²) >= 11 is 11.5. The molecule has 0 atom stereocenters. The van der Waals surface area contributed by atoms with Crippen molar-refractivity contribution in [3.63, 3.8) is 0 Å². The van der Waals surface area contributed by atoms with Gasteiger partial charge in [-0.15, -0.1) is 0 Å². The van der Waals surface area contributed by atoms with Crippen molar-refractivity contribution in [3.8, 4) is 5.69 Å². The molecule has 0 unspecified atom stereocenters. The first-order chi connectivity index (χ1) is 11.2. The van der Waals surface area contributed by atoms with Gasteiger partial charge in [0.15, 0.2) is 11.5 Å². The van der Waals surface area contributed by atoms with Crippen LogP contribution in [0.15, 0.2) is 12.1 Å². The van der Waals surface area contributed by atoms with Crippen LogP contribution in [0, 0.1) is 0 Å². The van der Waals surface area contributed by atoms with E-state index in [0.717, 1.165) is 6.92 Å². The number of Topliss-reactive ketones (excluding diaryl/α,β-unsaturated/α-hetero) is 1. The van der Waals surface area contributed by atoms with Crippen molar-refractivity contribution in [2.45, 2.75) is 19.3 Å². The van der Waals surface area contributed by atoms with E-state index in [9.17, 15) is 31.1 Å². The van der Waals surface area contributed by atoms with Crippen LogP contribution in [-0.2, 0) is 12.4 Å². The molecule has 25 heavy (non-hydrogen) atoms. The van der Waals surface area contributed by atoms with Gasteiger partial charge in [-0.2, -0.15) is 31.4 Å². The number of nitrogens with two attached hydrogens (primary N) is 1. The third-order valence-electron chi connectivity index (χ3n) is 3.08. The van der Waals surface area contributed by atoms with Gasteiger partial charge in [-0.1, -0.05) is 23.2 Å². The number of aromatic nitrogens is 2. The molecule has 0 spiro atoms. The largest absolute Gasteiger partial charge is 0.437 e. The smallest absolute Gasteiger partial charge is 0.395 e. The maximum absolute atomic E-state index is 13.0. The summed E-state index contributed by atoms with van der Waals surface area (Å²) in [5.41, 5.74) is 0.340. The zero-order valence-corrected chi connectivity index (χ0v) is 13.6. The van der Waals surface area contributed by atoms with Gasteiger partial charge in [-0.25, -0.2) is 4.68 Å². The number of rotatable bonds is 2. The number of alkyl halides is 6. The highest BCUT2D eigenvalue weighted by atomic mass is 35.5. The number of carbonyl (C=O) groups excluding carboxylic acids is 1. The standard InChI is InChI=1S/C13H7Cl2F6N3O/c1-4(25)9-8(22)11(13(19,20)21)23-24(9)10-6(14)2-5(3-7(10)15)12(16,17)18/h2-3H,22H2,1H3. The first kappa shape index (κ1) is 19.4. The average Bonchev–Trinajstić information content (AvgIpc) is 2.74. The van der Waals surface area contributed by atoms with Gasteiger partial charge in [-0.05, 0) is 12.1 Å². The van der Waals surface area contributed by atoms with Crippen molar-refractivity contribution in [1.82, 2.24) is 9.78 Å².